The summed E-state index contributed by atoms with van der Waals surface area (Å²) in [7, 11) is 0. The van der Waals surface area contributed by atoms with Crippen LogP contribution in [0.2, 0.25) is 0 Å². The van der Waals surface area contributed by atoms with E-state index in [1.807, 2.05) is 36.4 Å². The van der Waals surface area contributed by atoms with Crippen LogP contribution in [-0.2, 0) is 0 Å². The quantitative estimate of drug-likeness (QED) is 0.426. The predicted molar refractivity (Wildman–Crippen MR) is 117 cm³/mol. The average Bonchev–Trinajstić information content (AvgIpc) is 3.37. The Bertz CT molecular complexity index is 1090. The summed E-state index contributed by atoms with van der Waals surface area (Å²) in [6, 6.07) is 19.1. The molecule has 0 spiro atoms. The van der Waals surface area contributed by atoms with Crippen LogP contribution in [0.4, 0.5) is 10.8 Å². The molecular weight excluding hydrogens is 382 g/mol. The second-order valence-corrected chi connectivity index (χ2v) is 7.89. The largest absolute Gasteiger partial charge is 0.459 e. The van der Waals surface area contributed by atoms with Crippen molar-refractivity contribution in [2.75, 3.05) is 10.6 Å². The van der Waals surface area contributed by atoms with Crippen LogP contribution in [0, 0.1) is 13.8 Å². The molecule has 0 aliphatic heterocycles. The van der Waals surface area contributed by atoms with Gasteiger partial charge in [-0.3, -0.25) is 4.79 Å². The van der Waals surface area contributed by atoms with Crippen molar-refractivity contribution >= 4 is 28.1 Å². The third-order valence-electron chi connectivity index (χ3n) is 4.78. The number of nitrogens with zero attached hydrogens (tertiary/aromatic N) is 1. The molecule has 0 bridgehead atoms. The number of hydrogen-bond acceptors (Lipinski definition) is 5. The van der Waals surface area contributed by atoms with E-state index in [9.17, 15) is 4.79 Å². The fourth-order valence-corrected chi connectivity index (χ4v) is 4.32. The van der Waals surface area contributed by atoms with E-state index < -0.39 is 0 Å². The number of pyridine rings is 1. The number of hydrogen-bond donors (Lipinski definition) is 2. The van der Waals surface area contributed by atoms with Gasteiger partial charge < -0.3 is 15.1 Å². The molecule has 1 amide bonds. The molecule has 1 atom stereocenters. The third-order valence-corrected chi connectivity index (χ3v) is 5.92. The number of anilines is 2. The minimum Gasteiger partial charge on any atom is -0.459 e. The Morgan fingerprint density at radius 2 is 1.83 bits per heavy atom. The second kappa shape index (κ2) is 8.32. The first-order valence-electron chi connectivity index (χ1n) is 9.30. The zero-order valence-electron chi connectivity index (χ0n) is 16.2. The fraction of sp³-hybridized carbons (Fsp3) is 0.130. The number of carbonyl (C=O) groups excluding carboxylic acids is 1. The van der Waals surface area contributed by atoms with E-state index in [0.29, 0.717) is 0 Å². The summed E-state index contributed by atoms with van der Waals surface area (Å²) in [6.45, 7) is 4.15. The molecule has 0 fully saturated rings. The van der Waals surface area contributed by atoms with Crippen LogP contribution in [0.25, 0.3) is 0 Å². The number of amides is 1. The van der Waals surface area contributed by atoms with Gasteiger partial charge in [-0.25, -0.2) is 4.98 Å². The number of thiophene rings is 1. The Morgan fingerprint density at radius 1 is 1.03 bits per heavy atom. The van der Waals surface area contributed by atoms with E-state index in [1.165, 1.54) is 6.26 Å². The highest BCUT2D eigenvalue weighted by Crippen LogP contribution is 2.40. The molecule has 0 aliphatic rings. The van der Waals surface area contributed by atoms with E-state index in [0.717, 1.165) is 32.4 Å². The van der Waals surface area contributed by atoms with E-state index in [-0.39, 0.29) is 17.7 Å². The average molecular weight is 404 g/mol. The number of nitrogens with one attached hydrogen (secondary N) is 2. The molecule has 146 valence electrons. The highest BCUT2D eigenvalue weighted by molar-refractivity contribution is 7.16. The van der Waals surface area contributed by atoms with E-state index in [1.54, 1.807) is 29.7 Å². The second-order valence-electron chi connectivity index (χ2n) is 6.66. The minimum atomic E-state index is -0.262. The number of carbonyl (C=O) groups is 1. The van der Waals surface area contributed by atoms with Crippen LogP contribution in [0.1, 0.15) is 38.2 Å². The monoisotopic (exact) mass is 403 g/mol. The molecule has 1 aromatic carbocycles. The zero-order valence-corrected chi connectivity index (χ0v) is 17.0. The smallest absolute Gasteiger partial charge is 0.291 e. The first-order valence-corrected chi connectivity index (χ1v) is 10.1. The van der Waals surface area contributed by atoms with Crippen LogP contribution in [0.5, 0.6) is 0 Å². The molecule has 0 aliphatic carbocycles. The number of aromatic nitrogens is 1. The Hall–Kier alpha value is -3.38. The van der Waals surface area contributed by atoms with Crippen LogP contribution in [-0.4, -0.2) is 10.9 Å². The molecule has 3 aromatic heterocycles. The minimum absolute atomic E-state index is 0.164. The maximum Gasteiger partial charge on any atom is 0.291 e. The van der Waals surface area contributed by atoms with Gasteiger partial charge in [0.2, 0.25) is 0 Å². The van der Waals surface area contributed by atoms with Crippen molar-refractivity contribution in [3.63, 3.8) is 0 Å². The van der Waals surface area contributed by atoms with Crippen LogP contribution in [0.15, 0.2) is 77.5 Å². The topological polar surface area (TPSA) is 67.2 Å². The van der Waals surface area contributed by atoms with Gasteiger partial charge >= 0.3 is 0 Å². The summed E-state index contributed by atoms with van der Waals surface area (Å²) in [4.78, 5) is 18.2. The molecule has 0 unspecified atom stereocenters. The van der Waals surface area contributed by atoms with Gasteiger partial charge in [0.25, 0.3) is 5.91 Å². The molecule has 2 N–H and O–H groups in total. The van der Waals surface area contributed by atoms with Gasteiger partial charge in [0.1, 0.15) is 10.8 Å². The number of benzene rings is 1. The molecule has 5 nitrogen and oxygen atoms in total. The van der Waals surface area contributed by atoms with Gasteiger partial charge in [-0.1, -0.05) is 36.4 Å². The summed E-state index contributed by atoms with van der Waals surface area (Å²) in [6.07, 6.45) is 3.26. The fourth-order valence-electron chi connectivity index (χ4n) is 3.22. The lowest BCUT2D eigenvalue weighted by atomic mass is 9.96. The van der Waals surface area contributed by atoms with Gasteiger partial charge in [0, 0.05) is 16.6 Å². The normalized spacial score (nSPS) is 11.8. The van der Waals surface area contributed by atoms with E-state index in [2.05, 4.69) is 41.6 Å². The van der Waals surface area contributed by atoms with Gasteiger partial charge in [-0.2, -0.15) is 0 Å². The molecule has 4 rings (SSSR count). The van der Waals surface area contributed by atoms with Crippen molar-refractivity contribution in [3.05, 3.63) is 100 Å². The molecule has 4 aromatic rings. The van der Waals surface area contributed by atoms with Gasteiger partial charge in [-0.05, 0) is 49.2 Å². The van der Waals surface area contributed by atoms with E-state index >= 15 is 0 Å². The summed E-state index contributed by atoms with van der Waals surface area (Å²) in [5.74, 6) is 0.795. The SMILES string of the molecule is Cc1sc(NC(=O)c2ccco2)c([C@@H](Nc2ccccn2)c2ccccc2)c1C. The summed E-state index contributed by atoms with van der Waals surface area (Å²) in [5, 5.41) is 7.38. The van der Waals surface area contributed by atoms with Crippen molar-refractivity contribution in [1.29, 1.82) is 0 Å². The molecule has 0 saturated carbocycles. The number of aryl methyl sites for hydroxylation is 1. The van der Waals surface area contributed by atoms with Crippen LogP contribution >= 0.6 is 11.3 Å². The molecule has 0 radical (unpaired) electrons. The van der Waals surface area contributed by atoms with E-state index in [4.69, 9.17) is 4.42 Å². The molecular formula is C23H21N3O2S. The number of furan rings is 1. The maximum atomic E-state index is 12.6. The Balaban J connectivity index is 1.76. The lowest BCUT2D eigenvalue weighted by Crippen LogP contribution is -2.17. The lowest BCUT2D eigenvalue weighted by molar-refractivity contribution is 0.0997. The molecule has 29 heavy (non-hydrogen) atoms. The maximum absolute atomic E-state index is 12.6. The number of rotatable bonds is 6. The standard InChI is InChI=1S/C23H21N3O2S/c1-15-16(2)29-23(26-22(27)18-11-8-14-28-18)20(15)21(17-9-4-3-5-10-17)25-19-12-6-7-13-24-19/h3-14,21H,1-2H3,(H,24,25)(H,26,27)/t21-/m0/s1. The van der Waals surface area contributed by atoms with Gasteiger partial charge in [0.15, 0.2) is 5.76 Å². The third kappa shape index (κ3) is 4.07. The molecule has 0 saturated heterocycles. The van der Waals surface area contributed by atoms with Gasteiger partial charge in [0.05, 0.1) is 12.3 Å². The van der Waals surface area contributed by atoms with Crippen molar-refractivity contribution in [3.8, 4) is 0 Å². The molecule has 3 heterocycles. The van der Waals surface area contributed by atoms with Crippen LogP contribution < -0.4 is 10.6 Å². The summed E-state index contributed by atoms with van der Waals surface area (Å²) >= 11 is 1.57. The Morgan fingerprint density at radius 3 is 2.52 bits per heavy atom. The summed E-state index contributed by atoms with van der Waals surface area (Å²) < 4.78 is 5.25. The zero-order chi connectivity index (χ0) is 20.2. The van der Waals surface area contributed by atoms with Crippen molar-refractivity contribution < 1.29 is 9.21 Å². The van der Waals surface area contributed by atoms with Crippen LogP contribution in [0.3, 0.4) is 0 Å². The Kier molecular flexibility index (Phi) is 5.44. The van der Waals surface area contributed by atoms with Gasteiger partial charge in [-0.15, -0.1) is 11.3 Å². The van der Waals surface area contributed by atoms with Crippen molar-refractivity contribution in [1.82, 2.24) is 4.98 Å². The highest BCUT2D eigenvalue weighted by Gasteiger charge is 2.25. The molecule has 6 heteroatoms. The summed E-state index contributed by atoms with van der Waals surface area (Å²) in [5.41, 5.74) is 3.26. The first-order chi connectivity index (χ1) is 14.1. The lowest BCUT2D eigenvalue weighted by Gasteiger charge is -2.22. The predicted octanol–water partition coefficient (Wildman–Crippen LogP) is 5.81. The van der Waals surface area contributed by atoms with Crippen molar-refractivity contribution in [2.24, 2.45) is 0 Å². The first kappa shape index (κ1) is 19.0. The highest BCUT2D eigenvalue weighted by atomic mass is 32.1. The Labute approximate surface area is 173 Å². The van der Waals surface area contributed by atoms with Crippen molar-refractivity contribution in [2.45, 2.75) is 19.9 Å².